The van der Waals surface area contributed by atoms with E-state index in [1.165, 1.54) is 53.0 Å². The molecule has 2 amide bonds. The topological polar surface area (TPSA) is 181 Å². The van der Waals surface area contributed by atoms with Crippen LogP contribution in [0.5, 0.6) is 34.5 Å². The van der Waals surface area contributed by atoms with Gasteiger partial charge in [0.05, 0.1) is 35.5 Å². The summed E-state index contributed by atoms with van der Waals surface area (Å²) in [6.07, 6.45) is 0.884. The number of allylic oxidation sites excluding steroid dienone is 1. The first-order valence-electron chi connectivity index (χ1n) is 15.4. The van der Waals surface area contributed by atoms with Gasteiger partial charge < -0.3 is 44.2 Å². The van der Waals surface area contributed by atoms with Gasteiger partial charge in [0.1, 0.15) is 22.1 Å². The highest BCUT2D eigenvalue weighted by atomic mass is 35.5. The van der Waals surface area contributed by atoms with Gasteiger partial charge in [-0.15, -0.1) is 11.3 Å². The van der Waals surface area contributed by atoms with Crippen molar-refractivity contribution < 1.29 is 52.7 Å². The number of aliphatic hydroxyl groups is 1. The van der Waals surface area contributed by atoms with Gasteiger partial charge in [0.2, 0.25) is 28.9 Å². The molecule has 3 unspecified atom stereocenters. The van der Waals surface area contributed by atoms with Crippen LogP contribution in [0.4, 0.5) is 5.13 Å². The molecule has 0 radical (unpaired) electrons. The van der Waals surface area contributed by atoms with E-state index in [4.69, 9.17) is 40.0 Å². The number of ether oxygens (including phenoxy) is 6. The lowest BCUT2D eigenvalue weighted by Crippen LogP contribution is -2.53. The fourth-order valence-corrected chi connectivity index (χ4v) is 7.08. The van der Waals surface area contributed by atoms with Gasteiger partial charge in [-0.05, 0) is 17.7 Å². The van der Waals surface area contributed by atoms with Crippen LogP contribution in [0.2, 0.25) is 5.02 Å². The Hall–Kier alpha value is -5.02. The number of aromatic nitrogens is 1. The van der Waals surface area contributed by atoms with Crippen LogP contribution in [0.15, 0.2) is 41.1 Å². The van der Waals surface area contributed by atoms with E-state index in [1.807, 2.05) is 0 Å². The average molecular weight is 730 g/mol. The molecule has 1 aliphatic heterocycles. The molecule has 16 heteroatoms. The molecule has 0 bridgehead atoms. The molecular weight excluding hydrogens is 694 g/mol. The zero-order chi connectivity index (χ0) is 36.3. The molecule has 5 rings (SSSR count). The molecule has 0 fully saturated rings. The first-order valence-corrected chi connectivity index (χ1v) is 16.6. The molecule has 266 valence electrons. The van der Waals surface area contributed by atoms with E-state index in [0.717, 1.165) is 0 Å². The maximum atomic E-state index is 14.4. The number of hydrogen-bond donors (Lipinski definition) is 3. The Morgan fingerprint density at radius 2 is 1.68 bits per heavy atom. The molecule has 0 saturated carbocycles. The van der Waals surface area contributed by atoms with Gasteiger partial charge in [0.15, 0.2) is 33.9 Å². The number of nitrogens with one attached hydrogen (secondary N) is 2. The quantitative estimate of drug-likeness (QED) is 0.217. The Morgan fingerprint density at radius 3 is 2.26 bits per heavy atom. The fraction of sp³-hybridized carbons (Fsp3) is 0.382. The zero-order valence-electron chi connectivity index (χ0n) is 28.1. The van der Waals surface area contributed by atoms with Crippen LogP contribution < -0.4 is 39.1 Å². The summed E-state index contributed by atoms with van der Waals surface area (Å²) in [5.41, 5.74) is -2.00. The first-order chi connectivity index (χ1) is 23.9. The number of anilines is 1. The Morgan fingerprint density at radius 1 is 1.02 bits per heavy atom. The molecule has 1 aliphatic carbocycles. The third kappa shape index (κ3) is 6.38. The lowest BCUT2D eigenvalue weighted by atomic mass is 9.69. The van der Waals surface area contributed by atoms with Crippen LogP contribution in [0.1, 0.15) is 48.0 Å². The maximum Gasteiger partial charge on any atom is 0.231 e. The van der Waals surface area contributed by atoms with Crippen LogP contribution in [0.3, 0.4) is 0 Å². The SMILES string of the molecule is COc1cc(OC)c2c(c1Cl)OC1(C2=O)C(O)=C(C(CC(=O)NCCC(=O)Nc2nccs2)c2cc(OC)c(OC)c(OC)c2)C(=O)CC1C. The third-order valence-corrected chi connectivity index (χ3v) is 9.74. The molecule has 1 spiro atoms. The Bertz CT molecular complexity index is 1840. The summed E-state index contributed by atoms with van der Waals surface area (Å²) in [6.45, 7) is 1.57. The summed E-state index contributed by atoms with van der Waals surface area (Å²) in [7, 11) is 6.99. The highest BCUT2D eigenvalue weighted by Crippen LogP contribution is 2.56. The molecule has 2 aromatic carbocycles. The van der Waals surface area contributed by atoms with Crippen LogP contribution in [-0.2, 0) is 14.4 Å². The fourth-order valence-electron chi connectivity index (χ4n) is 6.27. The van der Waals surface area contributed by atoms with Crippen LogP contribution in [-0.4, -0.2) is 81.2 Å². The average Bonchev–Trinajstić information content (AvgIpc) is 3.73. The van der Waals surface area contributed by atoms with Crippen molar-refractivity contribution in [2.45, 2.75) is 37.7 Å². The number of thiazole rings is 1. The second-order valence-electron chi connectivity index (χ2n) is 11.5. The summed E-state index contributed by atoms with van der Waals surface area (Å²) >= 11 is 7.85. The van der Waals surface area contributed by atoms with Gasteiger partial charge in [0.25, 0.3) is 0 Å². The number of carbonyl (C=O) groups excluding carboxylic acids is 4. The van der Waals surface area contributed by atoms with Crippen molar-refractivity contribution in [3.05, 3.63) is 57.3 Å². The number of Topliss-reactive ketones (excluding diaryl/α,β-unsaturated/α-hetero) is 2. The normalized spacial score (nSPS) is 18.7. The molecule has 1 aromatic heterocycles. The van der Waals surface area contributed by atoms with Gasteiger partial charge in [-0.2, -0.15) is 0 Å². The predicted molar refractivity (Wildman–Crippen MR) is 183 cm³/mol. The van der Waals surface area contributed by atoms with Crippen molar-refractivity contribution in [3.63, 3.8) is 0 Å². The van der Waals surface area contributed by atoms with Crippen molar-refractivity contribution in [1.82, 2.24) is 10.3 Å². The van der Waals surface area contributed by atoms with Crippen molar-refractivity contribution >= 4 is 51.5 Å². The largest absolute Gasteiger partial charge is 0.507 e. The predicted octanol–water partition coefficient (Wildman–Crippen LogP) is 4.89. The maximum absolute atomic E-state index is 14.4. The highest BCUT2D eigenvalue weighted by molar-refractivity contribution is 7.13. The van der Waals surface area contributed by atoms with Gasteiger partial charge in [-0.3, -0.25) is 19.2 Å². The van der Waals surface area contributed by atoms with Gasteiger partial charge in [-0.25, -0.2) is 4.98 Å². The second-order valence-corrected chi connectivity index (χ2v) is 12.7. The number of benzene rings is 2. The van der Waals surface area contributed by atoms with Gasteiger partial charge in [-0.1, -0.05) is 18.5 Å². The summed E-state index contributed by atoms with van der Waals surface area (Å²) in [4.78, 5) is 58.3. The zero-order valence-corrected chi connectivity index (χ0v) is 29.7. The van der Waals surface area contributed by atoms with Gasteiger partial charge >= 0.3 is 0 Å². The van der Waals surface area contributed by atoms with Crippen LogP contribution >= 0.6 is 22.9 Å². The Labute approximate surface area is 296 Å². The number of amides is 2. The Kier molecular flexibility index (Phi) is 10.8. The van der Waals surface area contributed by atoms with Gasteiger partial charge in [0, 0.05) is 60.9 Å². The van der Waals surface area contributed by atoms with E-state index in [0.29, 0.717) is 10.7 Å². The standard InChI is InChI=1S/C34H36ClN3O11S/c1-16-11-19(39)26(31(42)34(16)32(43)27-20(44-2)15-21(45-3)28(35)30(27)49-34)18(17-12-22(46-4)29(48-6)23(13-17)47-5)14-25(41)36-8-7-24(40)38-33-37-9-10-50-33/h9-10,12-13,15-16,18,42H,7-8,11,14H2,1-6H3,(H,36,41)(H,37,38,40). The first kappa shape index (κ1) is 36.3. The van der Waals surface area contributed by atoms with Crippen LogP contribution in [0.25, 0.3) is 0 Å². The minimum Gasteiger partial charge on any atom is -0.507 e. The molecule has 3 atom stereocenters. The van der Waals surface area contributed by atoms with Crippen molar-refractivity contribution in [2.24, 2.45) is 5.92 Å². The number of aliphatic hydroxyl groups excluding tert-OH is 1. The number of rotatable bonds is 13. The molecule has 2 heterocycles. The highest BCUT2D eigenvalue weighted by Gasteiger charge is 2.61. The number of nitrogens with zero attached hydrogens (tertiary/aromatic N) is 1. The molecule has 50 heavy (non-hydrogen) atoms. The van der Waals surface area contributed by atoms with Crippen molar-refractivity contribution in [1.29, 1.82) is 0 Å². The molecule has 14 nitrogen and oxygen atoms in total. The lowest BCUT2D eigenvalue weighted by Gasteiger charge is -2.38. The van der Waals surface area contributed by atoms with Crippen LogP contribution in [0, 0.1) is 5.92 Å². The second kappa shape index (κ2) is 14.8. The molecule has 2 aliphatic rings. The number of methoxy groups -OCH3 is 5. The molecule has 3 aromatic rings. The number of ketones is 2. The van der Waals surface area contributed by atoms with E-state index in [2.05, 4.69) is 15.6 Å². The number of halogens is 1. The molecule has 3 N–H and O–H groups in total. The lowest BCUT2D eigenvalue weighted by molar-refractivity contribution is -0.122. The smallest absolute Gasteiger partial charge is 0.231 e. The summed E-state index contributed by atoms with van der Waals surface area (Å²) in [6, 6.07) is 4.54. The van der Waals surface area contributed by atoms with Crippen molar-refractivity contribution in [3.8, 4) is 34.5 Å². The minimum absolute atomic E-state index is 0.0218. The molecule has 0 saturated heterocycles. The van der Waals surface area contributed by atoms with Crippen molar-refractivity contribution in [2.75, 3.05) is 47.4 Å². The summed E-state index contributed by atoms with van der Waals surface area (Å²) in [5, 5.41) is 19.6. The third-order valence-electron chi connectivity index (χ3n) is 8.69. The van der Waals surface area contributed by atoms with E-state index in [-0.39, 0.29) is 82.4 Å². The van der Waals surface area contributed by atoms with E-state index >= 15 is 0 Å². The summed E-state index contributed by atoms with van der Waals surface area (Å²) in [5.74, 6) is -3.90. The Balaban J connectivity index is 1.58. The van der Waals surface area contributed by atoms with E-state index < -0.39 is 40.7 Å². The number of fused-ring (bicyclic) bond motifs is 1. The van der Waals surface area contributed by atoms with E-state index in [1.54, 1.807) is 30.6 Å². The summed E-state index contributed by atoms with van der Waals surface area (Å²) < 4.78 is 33.7. The minimum atomic E-state index is -2.09. The number of hydrogen-bond acceptors (Lipinski definition) is 13. The number of carbonyl (C=O) groups is 4. The van der Waals surface area contributed by atoms with E-state index in [9.17, 15) is 24.3 Å². The molecular formula is C34H36ClN3O11S. The monoisotopic (exact) mass is 729 g/mol.